The molecule has 2 unspecified atom stereocenters. The number of hydrogen-bond donors (Lipinski definition) is 3. The van der Waals surface area contributed by atoms with E-state index < -0.39 is 18.0 Å². The summed E-state index contributed by atoms with van der Waals surface area (Å²) in [6.07, 6.45) is 0.674. The number of amides is 3. The first-order valence-corrected chi connectivity index (χ1v) is 11.1. The number of nitrogens with zero attached hydrogens (tertiary/aromatic N) is 3. The third-order valence-corrected chi connectivity index (χ3v) is 5.89. The number of anilines is 2. The quantitative estimate of drug-likeness (QED) is 0.457. The minimum absolute atomic E-state index is 0.132. The summed E-state index contributed by atoms with van der Waals surface area (Å²) in [5.41, 5.74) is 1.71. The van der Waals surface area contributed by atoms with Gasteiger partial charge in [-0.3, -0.25) is 10.1 Å². The van der Waals surface area contributed by atoms with Crippen LogP contribution in [0.1, 0.15) is 25.8 Å². The van der Waals surface area contributed by atoms with E-state index in [2.05, 4.69) is 26.1 Å². The van der Waals surface area contributed by atoms with Gasteiger partial charge < -0.3 is 15.4 Å². The lowest BCUT2D eigenvalue weighted by atomic mass is 9.98. The predicted molar refractivity (Wildman–Crippen MR) is 127 cm³/mol. The van der Waals surface area contributed by atoms with Gasteiger partial charge in [0, 0.05) is 11.3 Å². The Morgan fingerprint density at radius 1 is 1.15 bits per heavy atom. The number of ether oxygens (including phenoxy) is 1. The Morgan fingerprint density at radius 2 is 1.94 bits per heavy atom. The Kier molecular flexibility index (Phi) is 7.94. The molecule has 170 valence electrons. The summed E-state index contributed by atoms with van der Waals surface area (Å²) in [5.74, 6) is 0.172. The maximum Gasteiger partial charge on any atom is 0.319 e. The minimum Gasteiger partial charge on any atom is -0.497 e. The molecule has 0 radical (unpaired) electrons. The van der Waals surface area contributed by atoms with E-state index in [4.69, 9.17) is 10.00 Å². The van der Waals surface area contributed by atoms with Crippen molar-refractivity contribution in [3.63, 3.8) is 0 Å². The third kappa shape index (κ3) is 6.27. The van der Waals surface area contributed by atoms with Gasteiger partial charge in [-0.15, -0.1) is 10.2 Å². The van der Waals surface area contributed by atoms with Crippen molar-refractivity contribution in [3.8, 4) is 22.4 Å². The number of nitriles is 1. The molecule has 0 aliphatic carbocycles. The Bertz CT molecular complexity index is 1170. The predicted octanol–water partition coefficient (Wildman–Crippen LogP) is 4.26. The van der Waals surface area contributed by atoms with Crippen LogP contribution in [0.15, 0.2) is 48.5 Å². The third-order valence-electron chi connectivity index (χ3n) is 5.00. The molecule has 1 aromatic heterocycles. The van der Waals surface area contributed by atoms with Gasteiger partial charge in [0.1, 0.15) is 16.8 Å². The van der Waals surface area contributed by atoms with Crippen LogP contribution in [0.2, 0.25) is 0 Å². The van der Waals surface area contributed by atoms with Crippen LogP contribution in [0.5, 0.6) is 5.75 Å². The molecule has 3 rings (SSSR count). The largest absolute Gasteiger partial charge is 0.497 e. The fourth-order valence-corrected chi connectivity index (χ4v) is 3.75. The van der Waals surface area contributed by atoms with Gasteiger partial charge in [0.2, 0.25) is 11.0 Å². The van der Waals surface area contributed by atoms with Crippen LogP contribution < -0.4 is 20.7 Å². The highest BCUT2D eigenvalue weighted by molar-refractivity contribution is 7.18. The summed E-state index contributed by atoms with van der Waals surface area (Å²) in [5, 5.41) is 26.3. The van der Waals surface area contributed by atoms with Crippen LogP contribution in [0, 0.1) is 17.2 Å². The average molecular weight is 465 g/mol. The maximum atomic E-state index is 13.0. The Labute approximate surface area is 195 Å². The number of nitrogens with one attached hydrogen (secondary N) is 3. The standard InChI is InChI=1S/C23H24N6O3S/c1-4-14(2)19(26-22(31)25-17-9-5-7-15(11-17)13-24)20(30)27-23-29-28-21(33-23)16-8-6-10-18(12-16)32-3/h5-12,14,19H,4H2,1-3H3,(H2,25,26,31)(H,27,29,30). The molecular formula is C23H24N6O3S. The SMILES string of the molecule is CCC(C)C(NC(=O)Nc1cccc(C#N)c1)C(=O)Nc1nnc(-c2cccc(OC)c2)s1. The summed E-state index contributed by atoms with van der Waals surface area (Å²) < 4.78 is 5.23. The van der Waals surface area contributed by atoms with Gasteiger partial charge >= 0.3 is 6.03 Å². The molecule has 0 aliphatic heterocycles. The highest BCUT2D eigenvalue weighted by Gasteiger charge is 2.27. The molecule has 9 nitrogen and oxygen atoms in total. The first-order chi connectivity index (χ1) is 15.9. The van der Waals surface area contributed by atoms with E-state index in [0.29, 0.717) is 33.6 Å². The van der Waals surface area contributed by atoms with Crippen LogP contribution in [-0.4, -0.2) is 35.3 Å². The second-order valence-corrected chi connectivity index (χ2v) is 8.27. The van der Waals surface area contributed by atoms with Crippen molar-refractivity contribution < 1.29 is 14.3 Å². The van der Waals surface area contributed by atoms with Crippen molar-refractivity contribution in [1.82, 2.24) is 15.5 Å². The lowest BCUT2D eigenvalue weighted by Crippen LogP contribution is -2.49. The van der Waals surface area contributed by atoms with Crippen LogP contribution in [-0.2, 0) is 4.79 Å². The second kappa shape index (κ2) is 11.1. The molecule has 0 saturated carbocycles. The zero-order valence-electron chi connectivity index (χ0n) is 18.5. The number of carbonyl (C=O) groups is 2. The molecule has 2 atom stereocenters. The minimum atomic E-state index is -0.793. The van der Waals surface area contributed by atoms with Crippen molar-refractivity contribution >= 4 is 34.1 Å². The van der Waals surface area contributed by atoms with E-state index in [-0.39, 0.29) is 5.92 Å². The average Bonchev–Trinajstić information content (AvgIpc) is 3.30. The number of benzene rings is 2. The van der Waals surface area contributed by atoms with Crippen molar-refractivity contribution in [3.05, 3.63) is 54.1 Å². The molecule has 3 amide bonds. The molecule has 33 heavy (non-hydrogen) atoms. The van der Waals surface area contributed by atoms with E-state index in [0.717, 1.165) is 5.56 Å². The van der Waals surface area contributed by atoms with Gasteiger partial charge in [-0.2, -0.15) is 5.26 Å². The molecular weight excluding hydrogens is 440 g/mol. The smallest absolute Gasteiger partial charge is 0.319 e. The van der Waals surface area contributed by atoms with Gasteiger partial charge in [-0.1, -0.05) is 49.8 Å². The summed E-state index contributed by atoms with van der Waals surface area (Å²) in [6, 6.07) is 14.6. The van der Waals surface area contributed by atoms with Gasteiger partial charge in [0.25, 0.3) is 0 Å². The van der Waals surface area contributed by atoms with E-state index in [1.807, 2.05) is 44.2 Å². The molecule has 0 fully saturated rings. The number of carbonyl (C=O) groups excluding carboxylic acids is 2. The molecule has 0 aliphatic rings. The molecule has 3 aromatic rings. The first-order valence-electron chi connectivity index (χ1n) is 10.3. The van der Waals surface area contributed by atoms with Crippen LogP contribution in [0.3, 0.4) is 0 Å². The molecule has 10 heteroatoms. The van der Waals surface area contributed by atoms with E-state index in [1.54, 1.807) is 31.4 Å². The number of aromatic nitrogens is 2. The van der Waals surface area contributed by atoms with Crippen LogP contribution in [0.25, 0.3) is 10.6 Å². The van der Waals surface area contributed by atoms with Gasteiger partial charge in [-0.25, -0.2) is 4.79 Å². The first kappa shape index (κ1) is 23.7. The van der Waals surface area contributed by atoms with Gasteiger partial charge in [0.05, 0.1) is 18.7 Å². The van der Waals surface area contributed by atoms with Crippen molar-refractivity contribution in [2.45, 2.75) is 26.3 Å². The van der Waals surface area contributed by atoms with Gasteiger partial charge in [-0.05, 0) is 36.2 Å². The highest BCUT2D eigenvalue weighted by atomic mass is 32.1. The summed E-state index contributed by atoms with van der Waals surface area (Å²) in [7, 11) is 1.59. The highest BCUT2D eigenvalue weighted by Crippen LogP contribution is 2.29. The topological polar surface area (TPSA) is 129 Å². The molecule has 0 spiro atoms. The number of rotatable bonds is 8. The molecule has 0 bridgehead atoms. The van der Waals surface area contributed by atoms with Crippen LogP contribution in [0.4, 0.5) is 15.6 Å². The lowest BCUT2D eigenvalue weighted by molar-refractivity contribution is -0.119. The van der Waals surface area contributed by atoms with Crippen molar-refractivity contribution in [2.75, 3.05) is 17.7 Å². The molecule has 3 N–H and O–H groups in total. The maximum absolute atomic E-state index is 13.0. The Morgan fingerprint density at radius 3 is 2.67 bits per heavy atom. The lowest BCUT2D eigenvalue weighted by Gasteiger charge is -2.23. The molecule has 1 heterocycles. The second-order valence-electron chi connectivity index (χ2n) is 7.29. The molecule has 0 saturated heterocycles. The monoisotopic (exact) mass is 464 g/mol. The van der Waals surface area contributed by atoms with E-state index in [1.165, 1.54) is 11.3 Å². The van der Waals surface area contributed by atoms with Gasteiger partial charge in [0.15, 0.2) is 0 Å². The number of methoxy groups -OCH3 is 1. The number of urea groups is 1. The Hall–Kier alpha value is -3.97. The zero-order chi connectivity index (χ0) is 23.8. The Balaban J connectivity index is 1.68. The van der Waals surface area contributed by atoms with Crippen molar-refractivity contribution in [2.24, 2.45) is 5.92 Å². The molecule has 2 aromatic carbocycles. The normalized spacial score (nSPS) is 12.2. The van der Waals surface area contributed by atoms with E-state index in [9.17, 15) is 9.59 Å². The fraction of sp³-hybridized carbons (Fsp3) is 0.261. The van der Waals surface area contributed by atoms with Crippen LogP contribution >= 0.6 is 11.3 Å². The number of hydrogen-bond acceptors (Lipinski definition) is 7. The fourth-order valence-electron chi connectivity index (χ4n) is 3.01. The van der Waals surface area contributed by atoms with E-state index >= 15 is 0 Å². The summed E-state index contributed by atoms with van der Waals surface area (Å²) in [6.45, 7) is 3.81. The zero-order valence-corrected chi connectivity index (χ0v) is 19.3. The van der Waals surface area contributed by atoms with Crippen molar-refractivity contribution in [1.29, 1.82) is 5.26 Å². The summed E-state index contributed by atoms with van der Waals surface area (Å²) in [4.78, 5) is 25.5. The summed E-state index contributed by atoms with van der Waals surface area (Å²) >= 11 is 1.23.